The molecule has 0 spiro atoms. The van der Waals surface area contributed by atoms with Crippen LogP contribution in [-0.4, -0.2) is 37.6 Å². The lowest BCUT2D eigenvalue weighted by molar-refractivity contribution is 0.178. The Kier molecular flexibility index (Phi) is 12.9. The largest absolute Gasteiger partial charge is 0.330 e. The second-order valence-electron chi connectivity index (χ2n) is 15.1. The number of nitrogens with one attached hydrogen (secondary N) is 1. The van der Waals surface area contributed by atoms with E-state index < -0.39 is 0 Å². The number of hydrogen-bond acceptors (Lipinski definition) is 3. The maximum Gasteiger partial charge on any atom is 0.0323 e. The first-order chi connectivity index (χ1) is 19.4. The lowest BCUT2D eigenvalue weighted by Crippen LogP contribution is -2.39. The second kappa shape index (κ2) is 15.7. The van der Waals surface area contributed by atoms with Crippen LogP contribution in [0.1, 0.15) is 132 Å². The molecule has 0 aromatic heterocycles. The fourth-order valence-corrected chi connectivity index (χ4v) is 6.31. The van der Waals surface area contributed by atoms with Crippen LogP contribution < -0.4 is 11.1 Å². The zero-order chi connectivity index (χ0) is 30.0. The zero-order valence-electron chi connectivity index (χ0n) is 28.0. The Hall–Kier alpha value is -1.68. The van der Waals surface area contributed by atoms with E-state index in [1.807, 2.05) is 0 Å². The molecule has 1 heterocycles. The number of unbranched alkanes of at least 4 members (excludes halogenated alkanes) is 3. The number of aryl methyl sites for hydroxylation is 3. The van der Waals surface area contributed by atoms with E-state index in [1.54, 1.807) is 5.56 Å². The minimum atomic E-state index is 0.172. The summed E-state index contributed by atoms with van der Waals surface area (Å²) in [5.74, 6) is 0.782. The van der Waals surface area contributed by atoms with Crippen LogP contribution in [0.3, 0.4) is 0 Å². The smallest absolute Gasteiger partial charge is 0.0323 e. The Morgan fingerprint density at radius 3 is 2.05 bits per heavy atom. The molecule has 2 aromatic carbocycles. The van der Waals surface area contributed by atoms with E-state index in [9.17, 15) is 0 Å². The van der Waals surface area contributed by atoms with Crippen molar-refractivity contribution in [1.29, 1.82) is 0 Å². The summed E-state index contributed by atoms with van der Waals surface area (Å²) in [6, 6.07) is 14.7. The van der Waals surface area contributed by atoms with Gasteiger partial charge in [0.15, 0.2) is 0 Å². The van der Waals surface area contributed by atoms with Crippen molar-refractivity contribution in [1.82, 2.24) is 10.2 Å². The molecular weight excluding hydrogens is 498 g/mol. The third-order valence-electron chi connectivity index (χ3n) is 9.46. The third kappa shape index (κ3) is 10.8. The van der Waals surface area contributed by atoms with Gasteiger partial charge in [-0.2, -0.15) is 0 Å². The van der Waals surface area contributed by atoms with Crippen molar-refractivity contribution in [3.8, 4) is 0 Å². The van der Waals surface area contributed by atoms with Gasteiger partial charge in [0.1, 0.15) is 0 Å². The normalized spacial score (nSPS) is 16.3. The molecule has 230 valence electrons. The molecule has 41 heavy (non-hydrogen) atoms. The number of piperidine rings is 1. The van der Waals surface area contributed by atoms with Crippen LogP contribution in [0.15, 0.2) is 36.4 Å². The Labute approximate surface area is 254 Å². The van der Waals surface area contributed by atoms with Gasteiger partial charge >= 0.3 is 0 Å². The lowest BCUT2D eigenvalue weighted by atomic mass is 9.83. The number of nitrogens with zero attached hydrogens (tertiary/aromatic N) is 1. The van der Waals surface area contributed by atoms with Crippen molar-refractivity contribution in [2.75, 3.05) is 32.7 Å². The van der Waals surface area contributed by atoms with E-state index in [2.05, 4.69) is 102 Å². The van der Waals surface area contributed by atoms with Crippen molar-refractivity contribution in [3.05, 3.63) is 69.8 Å². The molecule has 1 aliphatic rings. The van der Waals surface area contributed by atoms with Gasteiger partial charge in [-0.25, -0.2) is 0 Å². The highest BCUT2D eigenvalue weighted by atomic mass is 15.1. The van der Waals surface area contributed by atoms with Crippen LogP contribution in [0.5, 0.6) is 0 Å². The molecule has 1 aliphatic heterocycles. The minimum Gasteiger partial charge on any atom is -0.330 e. The predicted molar refractivity (Wildman–Crippen MR) is 180 cm³/mol. The molecule has 3 rings (SSSR count). The van der Waals surface area contributed by atoms with Crippen LogP contribution in [-0.2, 0) is 17.3 Å². The molecule has 0 saturated carbocycles. The average molecular weight is 562 g/mol. The number of benzene rings is 2. The van der Waals surface area contributed by atoms with Gasteiger partial charge in [-0.05, 0) is 135 Å². The SMILES string of the molecule is Cc1ccc(C(C)(C)C)cc1CCCCCCC(NCC1CCN(CCCN)CC1)c1cc(C(C)(C)C)ccc1C. The molecule has 3 nitrogen and oxygen atoms in total. The van der Waals surface area contributed by atoms with E-state index in [0.717, 1.165) is 25.4 Å². The highest BCUT2D eigenvalue weighted by Gasteiger charge is 2.23. The molecule has 0 amide bonds. The van der Waals surface area contributed by atoms with Crippen molar-refractivity contribution in [2.24, 2.45) is 11.7 Å². The standard InChI is InChI=1S/C38H63N3/c1-29-16-18-33(37(3,4)5)26-32(29)14-11-9-10-12-15-36(35-27-34(38(6,7)8)19-17-30(35)2)40-28-31-20-24-41(25-21-31)23-13-22-39/h16-19,26-27,31,36,40H,9-15,20-25,28,39H2,1-8H3. The molecular formula is C38H63N3. The van der Waals surface area contributed by atoms with Gasteiger partial charge in [0.25, 0.3) is 0 Å². The van der Waals surface area contributed by atoms with Crippen LogP contribution in [0.25, 0.3) is 0 Å². The first-order valence-electron chi connectivity index (χ1n) is 16.8. The average Bonchev–Trinajstić information content (AvgIpc) is 2.91. The van der Waals surface area contributed by atoms with Crippen molar-refractivity contribution >= 4 is 0 Å². The predicted octanol–water partition coefficient (Wildman–Crippen LogP) is 8.78. The maximum atomic E-state index is 5.74. The van der Waals surface area contributed by atoms with E-state index in [4.69, 9.17) is 5.73 Å². The van der Waals surface area contributed by atoms with Gasteiger partial charge in [0.05, 0.1) is 0 Å². The first-order valence-corrected chi connectivity index (χ1v) is 16.8. The fraction of sp³-hybridized carbons (Fsp3) is 0.684. The summed E-state index contributed by atoms with van der Waals surface area (Å²) >= 11 is 0. The summed E-state index contributed by atoms with van der Waals surface area (Å²) < 4.78 is 0. The summed E-state index contributed by atoms with van der Waals surface area (Å²) in [5, 5.41) is 4.09. The van der Waals surface area contributed by atoms with Crippen LogP contribution in [0.4, 0.5) is 0 Å². The van der Waals surface area contributed by atoms with Crippen molar-refractivity contribution < 1.29 is 0 Å². The van der Waals surface area contributed by atoms with Crippen molar-refractivity contribution in [2.45, 2.75) is 130 Å². The summed E-state index contributed by atoms with van der Waals surface area (Å²) in [6.07, 6.45) is 11.4. The monoisotopic (exact) mass is 562 g/mol. The van der Waals surface area contributed by atoms with Crippen LogP contribution >= 0.6 is 0 Å². The quantitative estimate of drug-likeness (QED) is 0.227. The summed E-state index contributed by atoms with van der Waals surface area (Å²) in [6.45, 7) is 24.1. The van der Waals surface area contributed by atoms with Crippen LogP contribution in [0.2, 0.25) is 0 Å². The molecule has 1 saturated heterocycles. The first kappa shape index (κ1) is 33.8. The minimum absolute atomic E-state index is 0.172. The van der Waals surface area contributed by atoms with Gasteiger partial charge in [-0.15, -0.1) is 0 Å². The molecule has 1 fully saturated rings. The third-order valence-corrected chi connectivity index (χ3v) is 9.46. The number of rotatable bonds is 14. The molecule has 0 bridgehead atoms. The van der Waals surface area contributed by atoms with Gasteiger partial charge in [-0.3, -0.25) is 0 Å². The fourth-order valence-electron chi connectivity index (χ4n) is 6.31. The van der Waals surface area contributed by atoms with Gasteiger partial charge in [-0.1, -0.05) is 97.2 Å². The summed E-state index contributed by atoms with van der Waals surface area (Å²) in [4.78, 5) is 2.61. The lowest BCUT2D eigenvalue weighted by Gasteiger charge is -2.33. The summed E-state index contributed by atoms with van der Waals surface area (Å²) in [5.41, 5.74) is 15.0. The number of likely N-dealkylation sites (tertiary alicyclic amines) is 1. The molecule has 3 heteroatoms. The van der Waals surface area contributed by atoms with E-state index in [0.29, 0.717) is 6.04 Å². The Morgan fingerprint density at radius 2 is 1.41 bits per heavy atom. The van der Waals surface area contributed by atoms with Crippen molar-refractivity contribution in [3.63, 3.8) is 0 Å². The highest BCUT2D eigenvalue weighted by molar-refractivity contribution is 5.37. The topological polar surface area (TPSA) is 41.3 Å². The Morgan fingerprint density at radius 1 is 0.805 bits per heavy atom. The second-order valence-corrected chi connectivity index (χ2v) is 15.1. The maximum absolute atomic E-state index is 5.74. The molecule has 0 radical (unpaired) electrons. The Bertz CT molecular complexity index is 1050. The van der Waals surface area contributed by atoms with Crippen LogP contribution in [0, 0.1) is 19.8 Å². The number of nitrogens with two attached hydrogens (primary N) is 1. The highest BCUT2D eigenvalue weighted by Crippen LogP contribution is 2.31. The molecule has 3 N–H and O–H groups in total. The Balaban J connectivity index is 1.56. The molecule has 0 aliphatic carbocycles. The number of hydrogen-bond donors (Lipinski definition) is 2. The van der Waals surface area contributed by atoms with E-state index in [1.165, 1.54) is 98.8 Å². The molecule has 2 aromatic rings. The van der Waals surface area contributed by atoms with Gasteiger partial charge in [0, 0.05) is 6.04 Å². The van der Waals surface area contributed by atoms with E-state index >= 15 is 0 Å². The zero-order valence-corrected chi connectivity index (χ0v) is 28.0. The van der Waals surface area contributed by atoms with Gasteiger partial charge < -0.3 is 16.0 Å². The molecule has 1 atom stereocenters. The van der Waals surface area contributed by atoms with Gasteiger partial charge in [0.2, 0.25) is 0 Å². The summed E-state index contributed by atoms with van der Waals surface area (Å²) in [7, 11) is 0. The van der Waals surface area contributed by atoms with E-state index in [-0.39, 0.29) is 10.8 Å². The molecule has 1 unspecified atom stereocenters.